The monoisotopic (exact) mass is 285 g/mol. The molecule has 1 fully saturated rings. The van der Waals surface area contributed by atoms with Crippen LogP contribution in [0.2, 0.25) is 0 Å². The van der Waals surface area contributed by atoms with Gasteiger partial charge in [-0.15, -0.1) is 0 Å². The molecule has 3 rings (SSSR count). The molecule has 110 valence electrons. The molecule has 1 saturated heterocycles. The van der Waals surface area contributed by atoms with Crippen LogP contribution in [0, 0.1) is 0 Å². The predicted molar refractivity (Wildman–Crippen MR) is 79.8 cm³/mol. The van der Waals surface area contributed by atoms with E-state index in [0.717, 1.165) is 24.7 Å². The number of amides is 1. The fourth-order valence-electron chi connectivity index (χ4n) is 2.44. The lowest BCUT2D eigenvalue weighted by molar-refractivity contribution is -0.121. The zero-order valence-electron chi connectivity index (χ0n) is 11.9. The topological polar surface area (TPSA) is 63.1 Å². The van der Waals surface area contributed by atoms with Gasteiger partial charge in [-0.2, -0.15) is 0 Å². The molecule has 0 atom stereocenters. The highest BCUT2D eigenvalue weighted by Gasteiger charge is 2.15. The fraction of sp³-hybridized carbons (Fsp3) is 0.400. The molecule has 2 aromatic rings. The second-order valence-electron chi connectivity index (χ2n) is 5.17. The first-order valence-electron chi connectivity index (χ1n) is 7.25. The summed E-state index contributed by atoms with van der Waals surface area (Å²) in [4.78, 5) is 22.8. The second-order valence-corrected chi connectivity index (χ2v) is 5.17. The van der Waals surface area contributed by atoms with Crippen molar-refractivity contribution in [3.8, 4) is 0 Å². The molecule has 1 N–H and O–H groups in total. The second kappa shape index (κ2) is 6.39. The fourth-order valence-corrected chi connectivity index (χ4v) is 2.44. The standard InChI is InChI=1S/C15H19N5O/c21-14(12-19-7-1-2-8-19)17-11-13-5-6-16-15(18-13)20-9-3-4-10-20/h1-2,5-8H,3-4,9-12H2,(H,17,21). The Morgan fingerprint density at radius 2 is 2.00 bits per heavy atom. The smallest absolute Gasteiger partial charge is 0.240 e. The third-order valence-corrected chi connectivity index (χ3v) is 3.55. The van der Waals surface area contributed by atoms with Gasteiger partial charge >= 0.3 is 0 Å². The molecule has 6 heteroatoms. The summed E-state index contributed by atoms with van der Waals surface area (Å²) in [6.45, 7) is 2.80. The van der Waals surface area contributed by atoms with Crippen LogP contribution in [0.5, 0.6) is 0 Å². The molecular formula is C15H19N5O. The van der Waals surface area contributed by atoms with Crippen molar-refractivity contribution in [3.63, 3.8) is 0 Å². The van der Waals surface area contributed by atoms with Crippen molar-refractivity contribution >= 4 is 11.9 Å². The molecule has 3 heterocycles. The Labute approximate surface area is 123 Å². The number of aromatic nitrogens is 3. The van der Waals surface area contributed by atoms with E-state index in [2.05, 4.69) is 20.2 Å². The van der Waals surface area contributed by atoms with Crippen molar-refractivity contribution in [1.29, 1.82) is 0 Å². The van der Waals surface area contributed by atoms with E-state index in [9.17, 15) is 4.79 Å². The van der Waals surface area contributed by atoms with Crippen LogP contribution in [-0.2, 0) is 17.9 Å². The molecule has 21 heavy (non-hydrogen) atoms. The van der Waals surface area contributed by atoms with Crippen molar-refractivity contribution < 1.29 is 4.79 Å². The first kappa shape index (κ1) is 13.6. The van der Waals surface area contributed by atoms with E-state index >= 15 is 0 Å². The summed E-state index contributed by atoms with van der Waals surface area (Å²) < 4.78 is 1.84. The van der Waals surface area contributed by atoms with Crippen molar-refractivity contribution in [1.82, 2.24) is 19.9 Å². The maximum Gasteiger partial charge on any atom is 0.240 e. The highest BCUT2D eigenvalue weighted by molar-refractivity contribution is 5.75. The van der Waals surface area contributed by atoms with Crippen LogP contribution >= 0.6 is 0 Å². The molecule has 1 aliphatic heterocycles. The number of rotatable bonds is 5. The van der Waals surface area contributed by atoms with Gasteiger partial charge in [0.25, 0.3) is 0 Å². The van der Waals surface area contributed by atoms with E-state index in [4.69, 9.17) is 0 Å². The molecule has 1 aliphatic rings. The first-order valence-corrected chi connectivity index (χ1v) is 7.25. The summed E-state index contributed by atoms with van der Waals surface area (Å²) in [7, 11) is 0. The zero-order valence-corrected chi connectivity index (χ0v) is 11.9. The molecule has 0 bridgehead atoms. The van der Waals surface area contributed by atoms with E-state index in [0.29, 0.717) is 13.1 Å². The Morgan fingerprint density at radius 3 is 2.76 bits per heavy atom. The molecule has 0 aromatic carbocycles. The van der Waals surface area contributed by atoms with Gasteiger partial charge in [-0.1, -0.05) is 0 Å². The number of anilines is 1. The van der Waals surface area contributed by atoms with E-state index in [1.54, 1.807) is 6.20 Å². The number of carbonyl (C=O) groups is 1. The normalized spacial score (nSPS) is 14.4. The molecule has 1 amide bonds. The highest BCUT2D eigenvalue weighted by atomic mass is 16.1. The van der Waals surface area contributed by atoms with E-state index < -0.39 is 0 Å². The third-order valence-electron chi connectivity index (χ3n) is 3.55. The molecule has 0 saturated carbocycles. The maximum atomic E-state index is 11.8. The Bertz CT molecular complexity index is 590. The minimum Gasteiger partial charge on any atom is -0.349 e. The molecule has 0 radical (unpaired) electrons. The van der Waals surface area contributed by atoms with Gasteiger partial charge in [-0.05, 0) is 31.0 Å². The first-order chi connectivity index (χ1) is 10.3. The van der Waals surface area contributed by atoms with Gasteiger partial charge in [-0.25, -0.2) is 9.97 Å². The molecule has 0 aliphatic carbocycles. The van der Waals surface area contributed by atoms with Gasteiger partial charge in [0.05, 0.1) is 12.2 Å². The SMILES string of the molecule is O=C(Cn1cccc1)NCc1ccnc(N2CCCC2)n1. The highest BCUT2D eigenvalue weighted by Crippen LogP contribution is 2.15. The average molecular weight is 285 g/mol. The molecule has 6 nitrogen and oxygen atoms in total. The molecule has 0 spiro atoms. The van der Waals surface area contributed by atoms with Gasteiger partial charge in [0.1, 0.15) is 6.54 Å². The van der Waals surface area contributed by atoms with Crippen molar-refractivity contribution in [2.24, 2.45) is 0 Å². The van der Waals surface area contributed by atoms with Crippen LogP contribution in [0.25, 0.3) is 0 Å². The predicted octanol–water partition coefficient (Wildman–Crippen LogP) is 1.19. The Hall–Kier alpha value is -2.37. The lowest BCUT2D eigenvalue weighted by Gasteiger charge is -2.15. The number of hydrogen-bond donors (Lipinski definition) is 1. The van der Waals surface area contributed by atoms with Gasteiger partial charge in [0.15, 0.2) is 0 Å². The molecule has 0 unspecified atom stereocenters. The Kier molecular flexibility index (Phi) is 4.14. The van der Waals surface area contributed by atoms with Gasteiger partial charge in [0, 0.05) is 31.7 Å². The Morgan fingerprint density at radius 1 is 1.24 bits per heavy atom. The summed E-state index contributed by atoms with van der Waals surface area (Å²) in [6, 6.07) is 5.65. The maximum absolute atomic E-state index is 11.8. The van der Waals surface area contributed by atoms with Crippen LogP contribution < -0.4 is 10.2 Å². The van der Waals surface area contributed by atoms with Gasteiger partial charge in [-0.3, -0.25) is 4.79 Å². The van der Waals surface area contributed by atoms with Crippen molar-refractivity contribution in [2.75, 3.05) is 18.0 Å². The quantitative estimate of drug-likeness (QED) is 0.896. The van der Waals surface area contributed by atoms with Gasteiger partial charge in [0.2, 0.25) is 11.9 Å². The van der Waals surface area contributed by atoms with Crippen LogP contribution in [0.1, 0.15) is 18.5 Å². The largest absolute Gasteiger partial charge is 0.349 e. The van der Waals surface area contributed by atoms with E-state index in [-0.39, 0.29) is 5.91 Å². The van der Waals surface area contributed by atoms with Gasteiger partial charge < -0.3 is 14.8 Å². The third kappa shape index (κ3) is 3.59. The Balaban J connectivity index is 1.55. The lowest BCUT2D eigenvalue weighted by atomic mass is 10.4. The molecular weight excluding hydrogens is 266 g/mol. The number of hydrogen-bond acceptors (Lipinski definition) is 4. The lowest BCUT2D eigenvalue weighted by Crippen LogP contribution is -2.27. The van der Waals surface area contributed by atoms with Crippen LogP contribution in [0.15, 0.2) is 36.8 Å². The number of carbonyl (C=O) groups excluding carboxylic acids is 1. The summed E-state index contributed by atoms with van der Waals surface area (Å²) in [5, 5.41) is 2.89. The van der Waals surface area contributed by atoms with Crippen molar-refractivity contribution in [3.05, 3.63) is 42.5 Å². The van der Waals surface area contributed by atoms with Crippen LogP contribution in [0.4, 0.5) is 5.95 Å². The summed E-state index contributed by atoms with van der Waals surface area (Å²) >= 11 is 0. The average Bonchev–Trinajstić information content (AvgIpc) is 3.19. The molecule has 2 aromatic heterocycles. The number of nitrogens with zero attached hydrogens (tertiary/aromatic N) is 4. The summed E-state index contributed by atoms with van der Waals surface area (Å²) in [5.41, 5.74) is 0.841. The van der Waals surface area contributed by atoms with Crippen molar-refractivity contribution in [2.45, 2.75) is 25.9 Å². The van der Waals surface area contributed by atoms with Crippen LogP contribution in [-0.4, -0.2) is 33.5 Å². The minimum atomic E-state index is -0.0208. The minimum absolute atomic E-state index is 0.0208. The summed E-state index contributed by atoms with van der Waals surface area (Å²) in [6.07, 6.45) is 7.89. The summed E-state index contributed by atoms with van der Waals surface area (Å²) in [5.74, 6) is 0.747. The van der Waals surface area contributed by atoms with Crippen LogP contribution in [0.3, 0.4) is 0 Å². The van der Waals surface area contributed by atoms with E-state index in [1.807, 2.05) is 35.2 Å². The van der Waals surface area contributed by atoms with E-state index in [1.165, 1.54) is 12.8 Å². The number of nitrogens with one attached hydrogen (secondary N) is 1. The zero-order chi connectivity index (χ0) is 14.5.